The fourth-order valence-electron chi connectivity index (χ4n) is 2.77. The average molecular weight is 277 g/mol. The number of nitrogens with one attached hydrogen (secondary N) is 1. The molecule has 0 aromatic rings. The zero-order valence-electron chi connectivity index (χ0n) is 11.0. The van der Waals surface area contributed by atoms with Crippen LogP contribution in [0, 0.1) is 5.92 Å². The van der Waals surface area contributed by atoms with E-state index in [1.165, 1.54) is 32.1 Å². The van der Waals surface area contributed by atoms with Crippen molar-refractivity contribution >= 4 is 18.3 Å². The van der Waals surface area contributed by atoms with E-state index >= 15 is 0 Å². The molecule has 2 aliphatic rings. The molecule has 1 saturated carbocycles. The molecule has 0 bridgehead atoms. The number of ether oxygens (including phenoxy) is 1. The molecule has 1 saturated heterocycles. The Balaban J connectivity index is 0.00000162. The first kappa shape index (κ1) is 15.7. The maximum atomic E-state index is 12.1. The highest BCUT2D eigenvalue weighted by Crippen LogP contribution is 2.23. The predicted molar refractivity (Wildman–Crippen MR) is 73.8 cm³/mol. The summed E-state index contributed by atoms with van der Waals surface area (Å²) in [4.78, 5) is 12.1. The van der Waals surface area contributed by atoms with Gasteiger partial charge in [0.1, 0.15) is 0 Å². The van der Waals surface area contributed by atoms with Crippen molar-refractivity contribution < 1.29 is 9.53 Å². The van der Waals surface area contributed by atoms with E-state index in [0.29, 0.717) is 32.0 Å². The van der Waals surface area contributed by atoms with Gasteiger partial charge in [0.25, 0.3) is 0 Å². The first-order valence-electron chi connectivity index (χ1n) is 6.86. The first-order valence-corrected chi connectivity index (χ1v) is 6.86. The van der Waals surface area contributed by atoms with Gasteiger partial charge in [-0.2, -0.15) is 0 Å². The van der Waals surface area contributed by atoms with Crippen molar-refractivity contribution in [3.8, 4) is 0 Å². The molecule has 0 aromatic heterocycles. The van der Waals surface area contributed by atoms with Crippen LogP contribution < -0.4 is 11.1 Å². The van der Waals surface area contributed by atoms with Gasteiger partial charge in [-0.05, 0) is 31.6 Å². The zero-order valence-corrected chi connectivity index (χ0v) is 11.8. The molecule has 4 nitrogen and oxygen atoms in total. The normalized spacial score (nSPS) is 24.1. The number of carbonyl (C=O) groups excluding carboxylic acids is 1. The molecule has 1 amide bonds. The van der Waals surface area contributed by atoms with E-state index in [1.807, 2.05) is 0 Å². The number of halogens is 1. The summed E-state index contributed by atoms with van der Waals surface area (Å²) in [6, 6.07) is 0. The van der Waals surface area contributed by atoms with Gasteiger partial charge in [-0.3, -0.25) is 4.79 Å². The highest BCUT2D eigenvalue weighted by Gasteiger charge is 2.35. The number of hydrogen-bond acceptors (Lipinski definition) is 3. The van der Waals surface area contributed by atoms with Gasteiger partial charge in [-0.15, -0.1) is 12.4 Å². The fourth-order valence-corrected chi connectivity index (χ4v) is 2.77. The second-order valence-electron chi connectivity index (χ2n) is 5.48. The third-order valence-electron chi connectivity index (χ3n) is 4.11. The van der Waals surface area contributed by atoms with Crippen LogP contribution in [0.1, 0.15) is 44.9 Å². The van der Waals surface area contributed by atoms with Crippen LogP contribution in [0.25, 0.3) is 0 Å². The van der Waals surface area contributed by atoms with E-state index in [1.54, 1.807) is 0 Å². The monoisotopic (exact) mass is 276 g/mol. The summed E-state index contributed by atoms with van der Waals surface area (Å²) in [6.07, 6.45) is 7.75. The Bertz CT molecular complexity index is 262. The topological polar surface area (TPSA) is 64.4 Å². The predicted octanol–water partition coefficient (Wildman–Crippen LogP) is 1.61. The average Bonchev–Trinajstić information content (AvgIpc) is 2.38. The van der Waals surface area contributed by atoms with Crippen molar-refractivity contribution in [3.05, 3.63) is 0 Å². The molecule has 0 spiro atoms. The third kappa shape index (κ3) is 4.11. The molecule has 3 N–H and O–H groups in total. The first-order chi connectivity index (χ1) is 8.21. The molecule has 18 heavy (non-hydrogen) atoms. The highest BCUT2D eigenvalue weighted by atomic mass is 35.5. The van der Waals surface area contributed by atoms with Crippen LogP contribution >= 0.6 is 12.4 Å². The van der Waals surface area contributed by atoms with Crippen LogP contribution in [0.4, 0.5) is 0 Å². The molecule has 1 aliphatic heterocycles. The van der Waals surface area contributed by atoms with Gasteiger partial charge in [0.15, 0.2) is 0 Å². The van der Waals surface area contributed by atoms with E-state index in [9.17, 15) is 4.79 Å². The molecule has 5 heteroatoms. The SMILES string of the molecule is Cl.NC1(C(=O)NCC2CCCCC2)CCOCC1. The van der Waals surface area contributed by atoms with Gasteiger partial charge in [0.2, 0.25) is 5.91 Å². The summed E-state index contributed by atoms with van der Waals surface area (Å²) in [6.45, 7) is 2.01. The van der Waals surface area contributed by atoms with Gasteiger partial charge < -0.3 is 15.8 Å². The van der Waals surface area contributed by atoms with Crippen LogP contribution in [-0.4, -0.2) is 31.2 Å². The Morgan fingerprint density at radius 2 is 1.83 bits per heavy atom. The van der Waals surface area contributed by atoms with Crippen molar-refractivity contribution in [2.24, 2.45) is 11.7 Å². The lowest BCUT2D eigenvalue weighted by atomic mass is 9.87. The number of rotatable bonds is 3. The number of carbonyl (C=O) groups is 1. The van der Waals surface area contributed by atoms with Gasteiger partial charge in [-0.25, -0.2) is 0 Å². The van der Waals surface area contributed by atoms with Crippen LogP contribution in [-0.2, 0) is 9.53 Å². The molecule has 106 valence electrons. The molecule has 0 unspecified atom stereocenters. The van der Waals surface area contributed by atoms with Crippen molar-refractivity contribution in [2.75, 3.05) is 19.8 Å². The lowest BCUT2D eigenvalue weighted by Gasteiger charge is -2.32. The number of amides is 1. The van der Waals surface area contributed by atoms with Crippen molar-refractivity contribution in [1.29, 1.82) is 0 Å². The summed E-state index contributed by atoms with van der Waals surface area (Å²) < 4.78 is 5.25. The number of hydrogen-bond donors (Lipinski definition) is 2. The van der Waals surface area contributed by atoms with Crippen molar-refractivity contribution in [2.45, 2.75) is 50.5 Å². The largest absolute Gasteiger partial charge is 0.381 e. The lowest BCUT2D eigenvalue weighted by Crippen LogP contribution is -2.57. The Hall–Kier alpha value is -0.320. The minimum atomic E-state index is -0.688. The number of nitrogens with two attached hydrogens (primary N) is 1. The Morgan fingerprint density at radius 3 is 2.44 bits per heavy atom. The standard InChI is InChI=1S/C13H24N2O2.ClH/c14-13(6-8-17-9-7-13)12(16)15-10-11-4-2-1-3-5-11;/h11H,1-10,14H2,(H,15,16);1H. The van der Waals surface area contributed by atoms with Gasteiger partial charge in [0.05, 0.1) is 5.54 Å². The maximum absolute atomic E-state index is 12.1. The quantitative estimate of drug-likeness (QED) is 0.823. The summed E-state index contributed by atoms with van der Waals surface area (Å²) in [5.74, 6) is 0.683. The van der Waals surface area contributed by atoms with Crippen LogP contribution in [0.3, 0.4) is 0 Å². The van der Waals surface area contributed by atoms with E-state index in [-0.39, 0.29) is 18.3 Å². The molecule has 0 atom stereocenters. The molecule has 1 aliphatic carbocycles. The fraction of sp³-hybridized carbons (Fsp3) is 0.923. The molecule has 2 fully saturated rings. The zero-order chi connectivity index (χ0) is 12.1. The lowest BCUT2D eigenvalue weighted by molar-refractivity contribution is -0.130. The molecular formula is C13H25ClN2O2. The minimum Gasteiger partial charge on any atom is -0.381 e. The summed E-state index contributed by atoms with van der Waals surface area (Å²) >= 11 is 0. The van der Waals surface area contributed by atoms with E-state index in [0.717, 1.165) is 6.54 Å². The smallest absolute Gasteiger partial charge is 0.240 e. The van der Waals surface area contributed by atoms with E-state index < -0.39 is 5.54 Å². The minimum absolute atomic E-state index is 0. The Morgan fingerprint density at radius 1 is 1.22 bits per heavy atom. The summed E-state index contributed by atoms with van der Waals surface area (Å²) in [7, 11) is 0. The second-order valence-corrected chi connectivity index (χ2v) is 5.48. The van der Waals surface area contributed by atoms with E-state index in [2.05, 4.69) is 5.32 Å². The molecule has 2 rings (SSSR count). The third-order valence-corrected chi connectivity index (χ3v) is 4.11. The molecular weight excluding hydrogens is 252 g/mol. The Kier molecular flexibility index (Phi) is 6.39. The maximum Gasteiger partial charge on any atom is 0.240 e. The van der Waals surface area contributed by atoms with Gasteiger partial charge in [-0.1, -0.05) is 19.3 Å². The Labute approximate surface area is 115 Å². The molecule has 0 radical (unpaired) electrons. The second kappa shape index (κ2) is 7.31. The summed E-state index contributed by atoms with van der Waals surface area (Å²) in [5, 5.41) is 3.04. The van der Waals surface area contributed by atoms with Crippen LogP contribution in [0.2, 0.25) is 0 Å². The summed E-state index contributed by atoms with van der Waals surface area (Å²) in [5.41, 5.74) is 5.44. The van der Waals surface area contributed by atoms with Crippen molar-refractivity contribution in [1.82, 2.24) is 5.32 Å². The molecule has 1 heterocycles. The van der Waals surface area contributed by atoms with Crippen molar-refractivity contribution in [3.63, 3.8) is 0 Å². The van der Waals surface area contributed by atoms with Crippen LogP contribution in [0.5, 0.6) is 0 Å². The van der Waals surface area contributed by atoms with Gasteiger partial charge in [0, 0.05) is 19.8 Å². The molecule has 0 aromatic carbocycles. The van der Waals surface area contributed by atoms with Crippen LogP contribution in [0.15, 0.2) is 0 Å². The van der Waals surface area contributed by atoms with Gasteiger partial charge >= 0.3 is 0 Å². The van der Waals surface area contributed by atoms with E-state index in [4.69, 9.17) is 10.5 Å². The highest BCUT2D eigenvalue weighted by molar-refractivity contribution is 5.86.